The minimum Gasteiger partial charge on any atom is -0.376 e. The maximum Gasteiger partial charge on any atom is 0.0674 e. The molecule has 0 aromatic rings. The van der Waals surface area contributed by atoms with Crippen LogP contribution >= 0.6 is 0 Å². The van der Waals surface area contributed by atoms with Crippen molar-refractivity contribution in [3.05, 3.63) is 0 Å². The van der Waals surface area contributed by atoms with Gasteiger partial charge in [0.1, 0.15) is 0 Å². The molecule has 1 heterocycles. The number of hydrogen-bond donors (Lipinski definition) is 0. The molecular formula is C11H19NO. The lowest BCUT2D eigenvalue weighted by Gasteiger charge is -2.36. The van der Waals surface area contributed by atoms with Crippen LogP contribution in [0.25, 0.3) is 0 Å². The standard InChI is InChI=1S/C11H19NO/c1-4-5-6-7-12-8-11(3)13-9-10(12)2/h1,10-11H,5-9H2,2-3H3. The molecule has 0 saturated carbocycles. The molecule has 0 aromatic heterocycles. The summed E-state index contributed by atoms with van der Waals surface area (Å²) in [6, 6.07) is 0.550. The molecule has 1 aliphatic heterocycles. The predicted molar refractivity (Wildman–Crippen MR) is 54.5 cm³/mol. The van der Waals surface area contributed by atoms with Gasteiger partial charge in [0.25, 0.3) is 0 Å². The summed E-state index contributed by atoms with van der Waals surface area (Å²) in [4.78, 5) is 2.46. The number of rotatable bonds is 3. The topological polar surface area (TPSA) is 12.5 Å². The van der Waals surface area contributed by atoms with Crippen LogP contribution in [0.3, 0.4) is 0 Å². The van der Waals surface area contributed by atoms with E-state index >= 15 is 0 Å². The first-order chi connectivity index (χ1) is 6.24. The highest BCUT2D eigenvalue weighted by molar-refractivity contribution is 4.84. The molecule has 1 rings (SSSR count). The lowest BCUT2D eigenvalue weighted by atomic mass is 10.2. The molecule has 0 bridgehead atoms. The molecule has 0 radical (unpaired) electrons. The molecule has 2 nitrogen and oxygen atoms in total. The fraction of sp³-hybridized carbons (Fsp3) is 0.818. The highest BCUT2D eigenvalue weighted by Gasteiger charge is 2.22. The summed E-state index contributed by atoms with van der Waals surface area (Å²) in [6.45, 7) is 7.35. The van der Waals surface area contributed by atoms with Gasteiger partial charge in [-0.15, -0.1) is 12.3 Å². The van der Waals surface area contributed by atoms with Crippen molar-refractivity contribution < 1.29 is 4.74 Å². The van der Waals surface area contributed by atoms with Crippen LogP contribution in [0.2, 0.25) is 0 Å². The Morgan fingerprint density at radius 2 is 2.31 bits per heavy atom. The molecule has 2 unspecified atom stereocenters. The molecule has 1 fully saturated rings. The second kappa shape index (κ2) is 5.26. The van der Waals surface area contributed by atoms with Crippen LogP contribution in [0.15, 0.2) is 0 Å². The number of ether oxygens (including phenoxy) is 1. The van der Waals surface area contributed by atoms with Gasteiger partial charge in [-0.2, -0.15) is 0 Å². The van der Waals surface area contributed by atoms with Gasteiger partial charge in [0.2, 0.25) is 0 Å². The smallest absolute Gasteiger partial charge is 0.0674 e. The van der Waals surface area contributed by atoms with Crippen molar-refractivity contribution in [2.24, 2.45) is 0 Å². The van der Waals surface area contributed by atoms with E-state index in [1.807, 2.05) is 0 Å². The lowest BCUT2D eigenvalue weighted by Crippen LogP contribution is -2.47. The number of morpholine rings is 1. The van der Waals surface area contributed by atoms with E-state index in [0.29, 0.717) is 12.1 Å². The molecule has 0 aliphatic carbocycles. The van der Waals surface area contributed by atoms with Crippen molar-refractivity contribution in [3.8, 4) is 12.3 Å². The van der Waals surface area contributed by atoms with Gasteiger partial charge >= 0.3 is 0 Å². The van der Waals surface area contributed by atoms with E-state index in [0.717, 1.165) is 32.5 Å². The molecule has 2 atom stereocenters. The van der Waals surface area contributed by atoms with Crippen LogP contribution in [-0.2, 0) is 4.74 Å². The molecule has 74 valence electrons. The van der Waals surface area contributed by atoms with Crippen LogP contribution in [0.5, 0.6) is 0 Å². The number of terminal acetylenes is 1. The second-order valence-corrected chi connectivity index (χ2v) is 3.80. The average Bonchev–Trinajstić information content (AvgIpc) is 2.11. The summed E-state index contributed by atoms with van der Waals surface area (Å²) in [5, 5.41) is 0. The van der Waals surface area contributed by atoms with Crippen LogP contribution in [0.1, 0.15) is 26.7 Å². The van der Waals surface area contributed by atoms with Gasteiger partial charge in [-0.05, 0) is 26.8 Å². The van der Waals surface area contributed by atoms with Crippen molar-refractivity contribution in [1.82, 2.24) is 4.90 Å². The highest BCUT2D eigenvalue weighted by Crippen LogP contribution is 2.11. The van der Waals surface area contributed by atoms with E-state index in [1.54, 1.807) is 0 Å². The Kier molecular flexibility index (Phi) is 4.27. The maximum atomic E-state index is 5.54. The summed E-state index contributed by atoms with van der Waals surface area (Å²) in [5.74, 6) is 2.68. The van der Waals surface area contributed by atoms with Gasteiger partial charge in [0.15, 0.2) is 0 Å². The van der Waals surface area contributed by atoms with E-state index in [4.69, 9.17) is 11.2 Å². The summed E-state index contributed by atoms with van der Waals surface area (Å²) in [7, 11) is 0. The lowest BCUT2D eigenvalue weighted by molar-refractivity contribution is -0.0493. The average molecular weight is 181 g/mol. The Bertz CT molecular complexity index is 185. The fourth-order valence-electron chi connectivity index (χ4n) is 1.67. The molecule has 0 amide bonds. The quantitative estimate of drug-likeness (QED) is 0.483. The summed E-state index contributed by atoms with van der Waals surface area (Å²) >= 11 is 0. The molecule has 1 saturated heterocycles. The minimum absolute atomic E-state index is 0.377. The summed E-state index contributed by atoms with van der Waals surface area (Å²) in [5.41, 5.74) is 0. The molecule has 1 aliphatic rings. The molecule has 2 heteroatoms. The van der Waals surface area contributed by atoms with Crippen LogP contribution in [0, 0.1) is 12.3 Å². The van der Waals surface area contributed by atoms with Gasteiger partial charge in [-0.3, -0.25) is 4.90 Å². The highest BCUT2D eigenvalue weighted by atomic mass is 16.5. The van der Waals surface area contributed by atoms with Crippen LogP contribution in [-0.4, -0.2) is 36.7 Å². The third-order valence-corrected chi connectivity index (χ3v) is 2.50. The Morgan fingerprint density at radius 1 is 1.54 bits per heavy atom. The molecule has 0 N–H and O–H groups in total. The number of nitrogens with zero attached hydrogens (tertiary/aromatic N) is 1. The monoisotopic (exact) mass is 181 g/mol. The zero-order valence-electron chi connectivity index (χ0n) is 8.62. The summed E-state index contributed by atoms with van der Waals surface area (Å²) < 4.78 is 5.54. The Labute approximate surface area is 81.3 Å². The van der Waals surface area contributed by atoms with Gasteiger partial charge in [-0.1, -0.05) is 0 Å². The minimum atomic E-state index is 0.377. The summed E-state index contributed by atoms with van der Waals surface area (Å²) in [6.07, 6.45) is 7.58. The largest absolute Gasteiger partial charge is 0.376 e. The maximum absolute atomic E-state index is 5.54. The molecular weight excluding hydrogens is 162 g/mol. The van der Waals surface area contributed by atoms with E-state index in [9.17, 15) is 0 Å². The Hall–Kier alpha value is -0.520. The normalized spacial score (nSPS) is 29.9. The number of hydrogen-bond acceptors (Lipinski definition) is 2. The molecule has 0 aromatic carbocycles. The van der Waals surface area contributed by atoms with Crippen molar-refractivity contribution >= 4 is 0 Å². The first-order valence-electron chi connectivity index (χ1n) is 5.03. The zero-order valence-corrected chi connectivity index (χ0v) is 8.62. The third kappa shape index (κ3) is 3.38. The van der Waals surface area contributed by atoms with Crippen LogP contribution in [0.4, 0.5) is 0 Å². The van der Waals surface area contributed by atoms with E-state index in [-0.39, 0.29) is 0 Å². The first-order valence-corrected chi connectivity index (χ1v) is 5.03. The van der Waals surface area contributed by atoms with E-state index < -0.39 is 0 Å². The van der Waals surface area contributed by atoms with Gasteiger partial charge in [0.05, 0.1) is 12.7 Å². The van der Waals surface area contributed by atoms with Crippen molar-refractivity contribution in [2.75, 3.05) is 19.7 Å². The van der Waals surface area contributed by atoms with E-state index in [2.05, 4.69) is 24.7 Å². The SMILES string of the molecule is C#CCCCN1CC(C)OCC1C. The van der Waals surface area contributed by atoms with Crippen molar-refractivity contribution in [2.45, 2.75) is 38.8 Å². The predicted octanol–water partition coefficient (Wildman–Crippen LogP) is 1.51. The number of unbranched alkanes of at least 4 members (excludes halogenated alkanes) is 1. The first kappa shape index (κ1) is 10.6. The van der Waals surface area contributed by atoms with Crippen molar-refractivity contribution in [1.29, 1.82) is 0 Å². The van der Waals surface area contributed by atoms with E-state index in [1.165, 1.54) is 0 Å². The van der Waals surface area contributed by atoms with Crippen molar-refractivity contribution in [3.63, 3.8) is 0 Å². The van der Waals surface area contributed by atoms with Gasteiger partial charge in [0, 0.05) is 19.0 Å². The zero-order chi connectivity index (χ0) is 9.68. The molecule has 0 spiro atoms. The van der Waals surface area contributed by atoms with Gasteiger partial charge in [-0.25, -0.2) is 0 Å². The Balaban J connectivity index is 2.26. The third-order valence-electron chi connectivity index (χ3n) is 2.50. The molecule has 13 heavy (non-hydrogen) atoms. The van der Waals surface area contributed by atoms with Crippen LogP contribution < -0.4 is 0 Å². The Morgan fingerprint density at radius 3 is 3.00 bits per heavy atom. The van der Waals surface area contributed by atoms with Gasteiger partial charge < -0.3 is 4.74 Å². The fourth-order valence-corrected chi connectivity index (χ4v) is 1.67. The second-order valence-electron chi connectivity index (χ2n) is 3.80.